The summed E-state index contributed by atoms with van der Waals surface area (Å²) in [5.74, 6) is -1.28. The van der Waals surface area contributed by atoms with Crippen molar-refractivity contribution in [2.24, 2.45) is 0 Å². The molecule has 0 atom stereocenters. The largest absolute Gasteiger partial charge is 0.343 e. The van der Waals surface area contributed by atoms with Crippen LogP contribution < -0.4 is 16.2 Å². The summed E-state index contributed by atoms with van der Waals surface area (Å²) in [4.78, 5) is 35.5. The Hall–Kier alpha value is -3.15. The van der Waals surface area contributed by atoms with E-state index in [1.165, 1.54) is 0 Å². The molecule has 0 aliphatic rings. The minimum Gasteiger partial charge on any atom is -0.343 e. The molecule has 0 saturated carbocycles. The molecule has 124 valence electrons. The van der Waals surface area contributed by atoms with Crippen molar-refractivity contribution in [2.45, 2.75) is 13.8 Å². The lowest BCUT2D eigenvalue weighted by Crippen LogP contribution is -2.46. The molecule has 2 aromatic carbocycles. The molecule has 0 fully saturated rings. The van der Waals surface area contributed by atoms with Gasteiger partial charge in [0, 0.05) is 11.1 Å². The molecule has 0 aliphatic heterocycles. The fraction of sp³-hybridized carbons (Fsp3) is 0.167. The van der Waals surface area contributed by atoms with E-state index in [1.807, 2.05) is 19.9 Å². The van der Waals surface area contributed by atoms with Crippen molar-refractivity contribution in [2.75, 3.05) is 6.54 Å². The number of nitrogens with one attached hydrogen (secondary N) is 3. The topological polar surface area (TPSA) is 87.3 Å². The van der Waals surface area contributed by atoms with E-state index in [9.17, 15) is 14.4 Å². The minimum atomic E-state index is -0.517. The van der Waals surface area contributed by atoms with Crippen LogP contribution in [0.15, 0.2) is 48.5 Å². The Morgan fingerprint density at radius 2 is 1.42 bits per heavy atom. The smallest absolute Gasteiger partial charge is 0.269 e. The monoisotopic (exact) mass is 325 g/mol. The Labute approximate surface area is 140 Å². The Kier molecular flexibility index (Phi) is 5.68. The summed E-state index contributed by atoms with van der Waals surface area (Å²) in [6.07, 6.45) is 0. The van der Waals surface area contributed by atoms with Crippen molar-refractivity contribution >= 4 is 17.7 Å². The third kappa shape index (κ3) is 4.95. The van der Waals surface area contributed by atoms with Crippen molar-refractivity contribution in [3.05, 3.63) is 70.8 Å². The number of hydrazine groups is 1. The van der Waals surface area contributed by atoms with Crippen molar-refractivity contribution < 1.29 is 14.4 Å². The number of hydrogen-bond acceptors (Lipinski definition) is 3. The molecule has 0 aliphatic carbocycles. The molecule has 0 heterocycles. The maximum atomic E-state index is 12.0. The van der Waals surface area contributed by atoms with E-state index >= 15 is 0 Å². The molecule has 0 spiro atoms. The molecule has 0 unspecified atom stereocenters. The fourth-order valence-electron chi connectivity index (χ4n) is 2.20. The Bertz CT molecular complexity index is 737. The lowest BCUT2D eigenvalue weighted by molar-refractivity contribution is -0.120. The summed E-state index contributed by atoms with van der Waals surface area (Å²) in [7, 11) is 0. The molecule has 2 rings (SSSR count). The van der Waals surface area contributed by atoms with E-state index in [2.05, 4.69) is 16.2 Å². The predicted molar refractivity (Wildman–Crippen MR) is 90.3 cm³/mol. The number of benzene rings is 2. The van der Waals surface area contributed by atoms with Crippen LogP contribution in [-0.4, -0.2) is 24.3 Å². The molecule has 3 amide bonds. The summed E-state index contributed by atoms with van der Waals surface area (Å²) < 4.78 is 0. The Morgan fingerprint density at radius 1 is 0.792 bits per heavy atom. The van der Waals surface area contributed by atoms with Gasteiger partial charge in [-0.25, -0.2) is 0 Å². The lowest BCUT2D eigenvalue weighted by atomic mass is 10.1. The molecular formula is C18H19N3O3. The van der Waals surface area contributed by atoms with E-state index < -0.39 is 11.8 Å². The van der Waals surface area contributed by atoms with E-state index in [0.717, 1.165) is 11.1 Å². The van der Waals surface area contributed by atoms with Crippen LogP contribution in [0.4, 0.5) is 0 Å². The van der Waals surface area contributed by atoms with E-state index in [1.54, 1.807) is 42.5 Å². The van der Waals surface area contributed by atoms with Gasteiger partial charge >= 0.3 is 0 Å². The van der Waals surface area contributed by atoms with Crippen LogP contribution in [0.25, 0.3) is 0 Å². The van der Waals surface area contributed by atoms with E-state index in [-0.39, 0.29) is 12.5 Å². The maximum Gasteiger partial charge on any atom is 0.269 e. The number of carbonyl (C=O) groups excluding carboxylic acids is 3. The highest BCUT2D eigenvalue weighted by molar-refractivity contribution is 5.98. The van der Waals surface area contributed by atoms with Gasteiger partial charge in [0.05, 0.1) is 6.54 Å². The molecule has 0 saturated heterocycles. The third-order valence-corrected chi connectivity index (χ3v) is 3.24. The highest BCUT2D eigenvalue weighted by Crippen LogP contribution is 2.08. The van der Waals surface area contributed by atoms with Gasteiger partial charge in [-0.3, -0.25) is 25.2 Å². The van der Waals surface area contributed by atoms with Gasteiger partial charge in [-0.2, -0.15) is 0 Å². The van der Waals surface area contributed by atoms with Crippen LogP contribution in [0, 0.1) is 13.8 Å². The maximum absolute atomic E-state index is 12.0. The second kappa shape index (κ2) is 7.92. The second-order valence-corrected chi connectivity index (χ2v) is 5.43. The standard InChI is InChI=1S/C18H19N3O3/c1-12-8-13(2)10-15(9-12)17(23)19-11-16(22)20-21-18(24)14-6-4-3-5-7-14/h3-10H,11H2,1-2H3,(H,19,23)(H,20,22)(H,21,24). The molecule has 0 bridgehead atoms. The lowest BCUT2D eigenvalue weighted by Gasteiger charge is -2.09. The molecule has 0 aromatic heterocycles. The van der Waals surface area contributed by atoms with Crippen LogP contribution >= 0.6 is 0 Å². The van der Waals surface area contributed by atoms with Gasteiger partial charge in [0.15, 0.2) is 0 Å². The number of carbonyl (C=O) groups is 3. The fourth-order valence-corrected chi connectivity index (χ4v) is 2.20. The van der Waals surface area contributed by atoms with Crippen LogP contribution in [0.1, 0.15) is 31.8 Å². The third-order valence-electron chi connectivity index (χ3n) is 3.24. The molecule has 6 heteroatoms. The Balaban J connectivity index is 1.80. The second-order valence-electron chi connectivity index (χ2n) is 5.43. The van der Waals surface area contributed by atoms with Gasteiger partial charge in [0.25, 0.3) is 17.7 Å². The van der Waals surface area contributed by atoms with Crippen LogP contribution in [0.2, 0.25) is 0 Å². The van der Waals surface area contributed by atoms with Gasteiger partial charge in [0.2, 0.25) is 0 Å². The molecule has 3 N–H and O–H groups in total. The Morgan fingerprint density at radius 3 is 2.04 bits per heavy atom. The van der Waals surface area contributed by atoms with E-state index in [4.69, 9.17) is 0 Å². The summed E-state index contributed by atoms with van der Waals surface area (Å²) >= 11 is 0. The first-order valence-electron chi connectivity index (χ1n) is 7.46. The molecular weight excluding hydrogens is 306 g/mol. The van der Waals surface area contributed by atoms with Crippen molar-refractivity contribution in [3.8, 4) is 0 Å². The average Bonchev–Trinajstić information content (AvgIpc) is 2.57. The average molecular weight is 325 g/mol. The highest BCUT2D eigenvalue weighted by Gasteiger charge is 2.10. The van der Waals surface area contributed by atoms with Crippen molar-refractivity contribution in [3.63, 3.8) is 0 Å². The number of hydrogen-bond donors (Lipinski definition) is 3. The summed E-state index contributed by atoms with van der Waals surface area (Å²) in [5.41, 5.74) is 7.41. The molecule has 2 aromatic rings. The summed E-state index contributed by atoms with van der Waals surface area (Å²) in [6.45, 7) is 3.56. The zero-order valence-corrected chi connectivity index (χ0v) is 13.6. The van der Waals surface area contributed by atoms with Gasteiger partial charge in [0.1, 0.15) is 0 Å². The van der Waals surface area contributed by atoms with Crippen molar-refractivity contribution in [1.29, 1.82) is 0 Å². The first-order chi connectivity index (χ1) is 11.5. The number of amides is 3. The van der Waals surface area contributed by atoms with Gasteiger partial charge in [-0.1, -0.05) is 35.4 Å². The molecule has 6 nitrogen and oxygen atoms in total. The molecule has 24 heavy (non-hydrogen) atoms. The number of rotatable bonds is 4. The SMILES string of the molecule is Cc1cc(C)cc(C(=O)NCC(=O)NNC(=O)c2ccccc2)c1. The zero-order valence-electron chi connectivity index (χ0n) is 13.6. The van der Waals surface area contributed by atoms with Gasteiger partial charge in [-0.05, 0) is 38.1 Å². The minimum absolute atomic E-state index is 0.235. The van der Waals surface area contributed by atoms with E-state index in [0.29, 0.717) is 11.1 Å². The quantitative estimate of drug-likeness (QED) is 0.744. The van der Waals surface area contributed by atoms with Crippen LogP contribution in [-0.2, 0) is 4.79 Å². The van der Waals surface area contributed by atoms with Crippen LogP contribution in [0.5, 0.6) is 0 Å². The first-order valence-corrected chi connectivity index (χ1v) is 7.46. The van der Waals surface area contributed by atoms with Gasteiger partial charge < -0.3 is 5.32 Å². The zero-order chi connectivity index (χ0) is 17.5. The normalized spacial score (nSPS) is 9.92. The van der Waals surface area contributed by atoms with Gasteiger partial charge in [-0.15, -0.1) is 0 Å². The first kappa shape index (κ1) is 17.2. The predicted octanol–water partition coefficient (Wildman–Crippen LogP) is 1.49. The molecule has 0 radical (unpaired) electrons. The van der Waals surface area contributed by atoms with Crippen LogP contribution in [0.3, 0.4) is 0 Å². The van der Waals surface area contributed by atoms with Crippen molar-refractivity contribution in [1.82, 2.24) is 16.2 Å². The summed E-state index contributed by atoms with van der Waals surface area (Å²) in [5, 5.41) is 2.51. The summed E-state index contributed by atoms with van der Waals surface area (Å²) in [6, 6.07) is 13.9. The number of aryl methyl sites for hydroxylation is 2. The highest BCUT2D eigenvalue weighted by atomic mass is 16.2.